The summed E-state index contributed by atoms with van der Waals surface area (Å²) in [5.74, 6) is -5.49. The molecule has 64 heavy (non-hydrogen) atoms. The minimum atomic E-state index is -2.08. The van der Waals surface area contributed by atoms with E-state index in [0.717, 1.165) is 44.3 Å². The highest BCUT2D eigenvalue weighted by Gasteiger charge is 2.56. The summed E-state index contributed by atoms with van der Waals surface area (Å²) in [5.41, 5.74) is -4.43. The first-order valence-corrected chi connectivity index (χ1v) is 24.3. The Morgan fingerprint density at radius 1 is 0.859 bits per heavy atom. The lowest BCUT2D eigenvalue weighted by molar-refractivity contribution is -0.352. The summed E-state index contributed by atoms with van der Waals surface area (Å²) in [5, 5.41) is 81.8. The van der Waals surface area contributed by atoms with E-state index in [4.69, 9.17) is 28.4 Å². The van der Waals surface area contributed by atoms with Gasteiger partial charge in [-0.2, -0.15) is 0 Å². The van der Waals surface area contributed by atoms with Crippen LogP contribution < -0.4 is 0 Å². The van der Waals surface area contributed by atoms with Crippen molar-refractivity contribution >= 4 is 5.97 Å². The molecule has 0 aliphatic carbocycles. The number of hydrogen-bond donors (Lipinski definition) is 7. The molecule has 15 heteroatoms. The van der Waals surface area contributed by atoms with Crippen LogP contribution in [0.5, 0.6) is 0 Å². The number of rotatable bonds is 6. The molecule has 18 atom stereocenters. The molecule has 7 N–H and O–H groups in total. The van der Waals surface area contributed by atoms with Crippen LogP contribution in [0.3, 0.4) is 0 Å². The zero-order valence-corrected chi connectivity index (χ0v) is 40.4. The van der Waals surface area contributed by atoms with E-state index in [1.54, 1.807) is 0 Å². The van der Waals surface area contributed by atoms with Gasteiger partial charge < -0.3 is 69.1 Å². The summed E-state index contributed by atoms with van der Waals surface area (Å²) in [4.78, 5) is 15.8. The summed E-state index contributed by atoms with van der Waals surface area (Å²) >= 11 is 0. The Balaban J connectivity index is 1.45. The molecule has 5 aliphatic heterocycles. The van der Waals surface area contributed by atoms with Crippen molar-refractivity contribution in [3.63, 3.8) is 0 Å². The number of ether oxygens (including phenoxy) is 6. The Morgan fingerprint density at radius 3 is 2.25 bits per heavy atom. The zero-order valence-electron chi connectivity index (χ0n) is 40.4. The Labute approximate surface area is 382 Å². The summed E-state index contributed by atoms with van der Waals surface area (Å²) < 4.78 is 38.7. The maximum atomic E-state index is 13.8. The van der Waals surface area contributed by atoms with Gasteiger partial charge in [0.25, 0.3) is 0 Å². The van der Waals surface area contributed by atoms with E-state index >= 15 is 0 Å². The first-order valence-electron chi connectivity index (χ1n) is 24.3. The molecule has 15 nitrogen and oxygen atoms in total. The predicted molar refractivity (Wildman–Crippen MR) is 239 cm³/mol. The molecule has 1 spiro atoms. The van der Waals surface area contributed by atoms with E-state index in [0.29, 0.717) is 44.9 Å². The van der Waals surface area contributed by atoms with Crippen LogP contribution >= 0.6 is 0 Å². The minimum absolute atomic E-state index is 0.0790. The zero-order chi connectivity index (χ0) is 47.4. The van der Waals surface area contributed by atoms with Gasteiger partial charge in [0, 0.05) is 49.1 Å². The molecular formula is C49H85NO14. The van der Waals surface area contributed by atoms with Gasteiger partial charge in [-0.15, -0.1) is 0 Å². The Kier molecular flexibility index (Phi) is 18.2. The number of aliphatic hydroxyl groups is 7. The van der Waals surface area contributed by atoms with Gasteiger partial charge in [-0.1, -0.05) is 45.8 Å². The topological polar surface area (TPSA) is 217 Å². The van der Waals surface area contributed by atoms with Crippen LogP contribution in [0.25, 0.3) is 0 Å². The van der Waals surface area contributed by atoms with Crippen molar-refractivity contribution in [3.8, 4) is 0 Å². The average Bonchev–Trinajstić information content (AvgIpc) is 3.45. The number of nitrogens with zero attached hydrogens (tertiary/aromatic N) is 1. The molecule has 0 aromatic rings. The standard InChI is InChI=1S/C49H85NO14/c1-11-34(51)26-35-19-17-24-48(62-35)28-37-30(2)38(63-48)29-49(58)33(27-45(5,6)64-49)18-15-13-12-14-16-23-46(7,56)44(55)42(61-40-21-20-36(50(9)10)32(4)59-40)41(53)31(3)43(54)47(8,57)25-22-39(52)60-37/h15,18,22,25,30-38,40-44,51,53-58H,11-14,16-17,19-21,23-24,26-29H2,1-10H3/b18-15?,25-22+/t30-,31+,32-,33+,34+,35+,36-,37-,38-,40-,41+,42-,43-,44+,46+,47+,48+,49-/m0/s1. The number of esters is 1. The predicted octanol–water partition coefficient (Wildman–Crippen LogP) is 4.78. The molecule has 0 radical (unpaired) electrons. The van der Waals surface area contributed by atoms with Crippen molar-refractivity contribution in [1.29, 1.82) is 0 Å². The van der Waals surface area contributed by atoms with Gasteiger partial charge in [-0.25, -0.2) is 4.79 Å². The highest BCUT2D eigenvalue weighted by molar-refractivity contribution is 5.82. The lowest BCUT2D eigenvalue weighted by atomic mass is 9.79. The number of carbonyl (C=O) groups is 1. The van der Waals surface area contributed by atoms with Crippen LogP contribution in [-0.2, 0) is 33.2 Å². The monoisotopic (exact) mass is 912 g/mol. The second kappa shape index (κ2) is 21.8. The van der Waals surface area contributed by atoms with Gasteiger partial charge in [0.15, 0.2) is 17.9 Å². The smallest absolute Gasteiger partial charge is 0.330 e. The third-order valence-electron chi connectivity index (χ3n) is 15.0. The number of allylic oxidation sites excluding steroid dienone is 1. The highest BCUT2D eigenvalue weighted by Crippen LogP contribution is 2.49. The fourth-order valence-electron chi connectivity index (χ4n) is 10.9. The fraction of sp³-hybridized carbons (Fsp3) is 0.898. The van der Waals surface area contributed by atoms with Crippen LogP contribution in [0.4, 0.5) is 0 Å². The Morgan fingerprint density at radius 2 is 1.58 bits per heavy atom. The molecule has 0 aromatic heterocycles. The Bertz CT molecular complexity index is 1550. The molecule has 4 fully saturated rings. The molecule has 5 heterocycles. The van der Waals surface area contributed by atoms with Crippen molar-refractivity contribution in [2.24, 2.45) is 17.8 Å². The number of aliphatic hydroxyl groups excluding tert-OH is 4. The Hall–Kier alpha value is -1.57. The third-order valence-corrected chi connectivity index (χ3v) is 15.0. The molecule has 0 aromatic carbocycles. The van der Waals surface area contributed by atoms with Crippen LogP contribution in [-0.4, -0.2) is 156 Å². The number of likely N-dealkylation sites (N-methyl/N-ethyl adjacent to an activating group) is 1. The van der Waals surface area contributed by atoms with Crippen molar-refractivity contribution in [2.45, 2.75) is 247 Å². The second-order valence-corrected chi connectivity index (χ2v) is 21.4. The maximum Gasteiger partial charge on any atom is 0.330 e. The van der Waals surface area contributed by atoms with Gasteiger partial charge in [0.2, 0.25) is 0 Å². The first-order chi connectivity index (χ1) is 29.8. The van der Waals surface area contributed by atoms with Gasteiger partial charge >= 0.3 is 5.97 Å². The molecule has 0 amide bonds. The van der Waals surface area contributed by atoms with E-state index in [9.17, 15) is 40.5 Å². The van der Waals surface area contributed by atoms with Crippen molar-refractivity contribution < 1.29 is 69.0 Å². The molecule has 0 saturated carbocycles. The summed E-state index contributed by atoms with van der Waals surface area (Å²) in [6.45, 7) is 14.0. The largest absolute Gasteiger partial charge is 0.459 e. The quantitative estimate of drug-likeness (QED) is 0.141. The van der Waals surface area contributed by atoms with E-state index in [2.05, 4.69) is 11.0 Å². The number of fused-ring (bicyclic) bond motifs is 3. The molecular weight excluding hydrogens is 827 g/mol. The number of carbonyl (C=O) groups excluding carboxylic acids is 1. The fourth-order valence-corrected chi connectivity index (χ4v) is 10.9. The van der Waals surface area contributed by atoms with Gasteiger partial charge in [0.1, 0.15) is 23.9 Å². The van der Waals surface area contributed by atoms with Crippen LogP contribution in [0.15, 0.2) is 24.3 Å². The van der Waals surface area contributed by atoms with Crippen molar-refractivity contribution in [1.82, 2.24) is 4.90 Å². The van der Waals surface area contributed by atoms with Gasteiger partial charge in [0.05, 0.1) is 47.8 Å². The lowest BCUT2D eigenvalue weighted by Gasteiger charge is -2.51. The third kappa shape index (κ3) is 13.4. The van der Waals surface area contributed by atoms with Gasteiger partial charge in [-0.05, 0) is 119 Å². The van der Waals surface area contributed by atoms with Crippen molar-refractivity contribution in [3.05, 3.63) is 24.3 Å². The normalized spacial score (nSPS) is 46.8. The molecule has 5 aliphatic rings. The number of hydrogen-bond acceptors (Lipinski definition) is 15. The van der Waals surface area contributed by atoms with Crippen molar-refractivity contribution in [2.75, 3.05) is 14.1 Å². The van der Waals surface area contributed by atoms with Gasteiger partial charge in [-0.3, -0.25) is 0 Å². The molecule has 5 rings (SSSR count). The van der Waals surface area contributed by atoms with Crippen LogP contribution in [0.2, 0.25) is 0 Å². The maximum absolute atomic E-state index is 13.8. The van der Waals surface area contributed by atoms with E-state index in [1.807, 2.05) is 54.8 Å². The second-order valence-electron chi connectivity index (χ2n) is 21.4. The summed E-state index contributed by atoms with van der Waals surface area (Å²) in [6, 6.07) is 0.128. The first kappa shape index (κ1) is 53.4. The average molecular weight is 912 g/mol. The van der Waals surface area contributed by atoms with E-state index in [-0.39, 0.29) is 43.4 Å². The summed E-state index contributed by atoms with van der Waals surface area (Å²) in [6.07, 6.45) is 4.66. The molecule has 370 valence electrons. The molecule has 4 saturated heterocycles. The molecule has 0 unspecified atom stereocenters. The van der Waals surface area contributed by atoms with Crippen LogP contribution in [0.1, 0.15) is 152 Å². The lowest BCUT2D eigenvalue weighted by Crippen LogP contribution is -2.58. The molecule has 2 bridgehead atoms. The minimum Gasteiger partial charge on any atom is -0.459 e. The van der Waals surface area contributed by atoms with E-state index < -0.39 is 95.2 Å². The van der Waals surface area contributed by atoms with E-state index in [1.165, 1.54) is 20.8 Å². The van der Waals surface area contributed by atoms with Crippen LogP contribution in [0, 0.1) is 17.8 Å². The summed E-state index contributed by atoms with van der Waals surface area (Å²) in [7, 11) is 3.94. The highest BCUT2D eigenvalue weighted by atomic mass is 16.7. The SMILES string of the molecule is CC[C@@H](O)C[C@H]1CCC[C@@]2(C[C@@H]3OC(=O)/C=C/[C@@](C)(O)[C@@H](O)[C@H](C)[C@@H](O)[C@H](O[C@H]4CC[C@H](N(C)C)[C@H](C)O4)[C@@H](O)[C@](C)(O)CCCCCC=C[C@@H]4CC(C)(C)O[C@@]4(O)C[C@H](O2)[C@H]3C)O1.